The Balaban J connectivity index is 1.79. The van der Waals surface area contributed by atoms with Crippen LogP contribution in [0.2, 0.25) is 10.0 Å². The molecule has 4 nitrogen and oxygen atoms in total. The molecule has 0 amide bonds. The summed E-state index contributed by atoms with van der Waals surface area (Å²) in [6, 6.07) is 3.20. The third-order valence-corrected chi connectivity index (χ3v) is 4.56. The van der Waals surface area contributed by atoms with Crippen LogP contribution in [0.4, 0.5) is 0 Å². The Morgan fingerprint density at radius 1 is 1.24 bits per heavy atom. The first-order valence-electron chi connectivity index (χ1n) is 7.07. The van der Waals surface area contributed by atoms with Crippen molar-refractivity contribution in [1.29, 1.82) is 0 Å². The summed E-state index contributed by atoms with van der Waals surface area (Å²) < 4.78 is 0. The van der Waals surface area contributed by atoms with Crippen LogP contribution in [0.15, 0.2) is 12.1 Å². The molecule has 1 aliphatic rings. The predicted octanol–water partition coefficient (Wildman–Crippen LogP) is 3.68. The molecule has 1 aliphatic carbocycles. The first-order chi connectivity index (χ1) is 9.97. The van der Waals surface area contributed by atoms with Crippen molar-refractivity contribution in [2.45, 2.75) is 32.2 Å². The van der Waals surface area contributed by atoms with Crippen LogP contribution in [-0.2, 0) is 11.3 Å². The minimum atomic E-state index is -0.681. The number of carboxylic acids is 1. The fourth-order valence-electron chi connectivity index (χ4n) is 2.78. The van der Waals surface area contributed by atoms with Crippen molar-refractivity contribution < 1.29 is 15.0 Å². The summed E-state index contributed by atoms with van der Waals surface area (Å²) in [5.41, 5.74) is 0.673. The number of halogens is 2. The second-order valence-corrected chi connectivity index (χ2v) is 6.43. The molecule has 0 atom stereocenters. The highest BCUT2D eigenvalue weighted by atomic mass is 35.5. The minimum absolute atomic E-state index is 0.0585. The fourth-order valence-corrected chi connectivity index (χ4v) is 3.31. The number of aromatic hydroxyl groups is 1. The third-order valence-electron chi connectivity index (χ3n) is 4.05. The van der Waals surface area contributed by atoms with E-state index in [-0.39, 0.29) is 16.7 Å². The SMILES string of the molecule is O=C(O)C1CCC(CNCc2cc(Cl)cc(Cl)c2O)CC1. The number of hydrogen-bond acceptors (Lipinski definition) is 3. The second kappa shape index (κ2) is 7.34. The lowest BCUT2D eigenvalue weighted by molar-refractivity contribution is -0.143. The molecule has 3 N–H and O–H groups in total. The van der Waals surface area contributed by atoms with Gasteiger partial charge < -0.3 is 15.5 Å². The standard InChI is InChI=1S/C15H19Cl2NO3/c16-12-5-11(14(19)13(17)6-12)8-18-7-9-1-3-10(4-2-9)15(20)21/h5-6,9-10,18-19H,1-4,7-8H2,(H,20,21). The highest BCUT2D eigenvalue weighted by molar-refractivity contribution is 6.35. The lowest BCUT2D eigenvalue weighted by atomic mass is 9.82. The maximum absolute atomic E-state index is 10.9. The van der Waals surface area contributed by atoms with Gasteiger partial charge in [0.15, 0.2) is 0 Å². The van der Waals surface area contributed by atoms with Crippen molar-refractivity contribution in [2.75, 3.05) is 6.54 Å². The number of aliphatic carboxylic acids is 1. The maximum Gasteiger partial charge on any atom is 0.306 e. The van der Waals surface area contributed by atoms with Crippen molar-refractivity contribution in [2.24, 2.45) is 11.8 Å². The van der Waals surface area contributed by atoms with E-state index in [4.69, 9.17) is 28.3 Å². The van der Waals surface area contributed by atoms with E-state index in [9.17, 15) is 9.90 Å². The largest absolute Gasteiger partial charge is 0.506 e. The third kappa shape index (κ3) is 4.50. The zero-order chi connectivity index (χ0) is 15.4. The molecule has 1 aromatic carbocycles. The maximum atomic E-state index is 10.9. The second-order valence-electron chi connectivity index (χ2n) is 5.58. The number of carboxylic acid groups (broad SMARTS) is 1. The number of phenolic OH excluding ortho intramolecular Hbond substituents is 1. The monoisotopic (exact) mass is 331 g/mol. The van der Waals surface area contributed by atoms with Crippen LogP contribution >= 0.6 is 23.2 Å². The number of nitrogens with one attached hydrogen (secondary N) is 1. The molecule has 0 saturated heterocycles. The van der Waals surface area contributed by atoms with Gasteiger partial charge in [0.2, 0.25) is 0 Å². The number of phenols is 1. The molecule has 0 aromatic heterocycles. The topological polar surface area (TPSA) is 69.6 Å². The fraction of sp³-hybridized carbons (Fsp3) is 0.533. The molecule has 0 aliphatic heterocycles. The number of carbonyl (C=O) groups is 1. The van der Waals surface area contributed by atoms with Crippen LogP contribution in [0.1, 0.15) is 31.2 Å². The van der Waals surface area contributed by atoms with Gasteiger partial charge in [-0.05, 0) is 50.3 Å². The van der Waals surface area contributed by atoms with Gasteiger partial charge in [-0.3, -0.25) is 4.79 Å². The smallest absolute Gasteiger partial charge is 0.306 e. The normalized spacial score (nSPS) is 22.2. The Kier molecular flexibility index (Phi) is 5.73. The molecular weight excluding hydrogens is 313 g/mol. The molecule has 0 bridgehead atoms. The summed E-state index contributed by atoms with van der Waals surface area (Å²) in [6.07, 6.45) is 3.34. The first kappa shape index (κ1) is 16.4. The van der Waals surface area contributed by atoms with Crippen LogP contribution in [-0.4, -0.2) is 22.7 Å². The number of benzene rings is 1. The van der Waals surface area contributed by atoms with Crippen LogP contribution in [0.5, 0.6) is 5.75 Å². The lowest BCUT2D eigenvalue weighted by Crippen LogP contribution is -2.28. The van der Waals surface area contributed by atoms with Gasteiger partial charge in [0, 0.05) is 17.1 Å². The Bertz CT molecular complexity index is 514. The molecule has 0 radical (unpaired) electrons. The Morgan fingerprint density at radius 3 is 2.52 bits per heavy atom. The summed E-state index contributed by atoms with van der Waals surface area (Å²) in [4.78, 5) is 10.9. The average Bonchev–Trinajstić information content (AvgIpc) is 2.44. The van der Waals surface area contributed by atoms with Gasteiger partial charge in [0.05, 0.1) is 10.9 Å². The predicted molar refractivity (Wildman–Crippen MR) is 82.9 cm³/mol. The number of hydrogen-bond donors (Lipinski definition) is 3. The lowest BCUT2D eigenvalue weighted by Gasteiger charge is -2.26. The van der Waals surface area contributed by atoms with Crippen molar-refractivity contribution in [1.82, 2.24) is 5.32 Å². The Labute approximate surface area is 134 Å². The molecule has 1 aromatic rings. The zero-order valence-corrected chi connectivity index (χ0v) is 13.1. The molecular formula is C15H19Cl2NO3. The van der Waals surface area contributed by atoms with Gasteiger partial charge >= 0.3 is 5.97 Å². The first-order valence-corrected chi connectivity index (χ1v) is 7.83. The molecule has 21 heavy (non-hydrogen) atoms. The van der Waals surface area contributed by atoms with Gasteiger partial charge in [0.25, 0.3) is 0 Å². The molecule has 0 unspecified atom stereocenters. The summed E-state index contributed by atoms with van der Waals surface area (Å²) >= 11 is 11.8. The highest BCUT2D eigenvalue weighted by Crippen LogP contribution is 2.31. The van der Waals surface area contributed by atoms with E-state index in [1.807, 2.05) is 0 Å². The summed E-state index contributed by atoms with van der Waals surface area (Å²) in [5.74, 6) is -0.322. The van der Waals surface area contributed by atoms with Crippen LogP contribution in [0.25, 0.3) is 0 Å². The van der Waals surface area contributed by atoms with Crippen molar-refractivity contribution in [3.05, 3.63) is 27.7 Å². The molecule has 0 heterocycles. The van der Waals surface area contributed by atoms with E-state index < -0.39 is 5.97 Å². The summed E-state index contributed by atoms with van der Waals surface area (Å²) in [7, 11) is 0. The highest BCUT2D eigenvalue weighted by Gasteiger charge is 2.25. The van der Waals surface area contributed by atoms with E-state index in [0.29, 0.717) is 23.0 Å². The molecule has 1 fully saturated rings. The van der Waals surface area contributed by atoms with E-state index >= 15 is 0 Å². The minimum Gasteiger partial charge on any atom is -0.506 e. The average molecular weight is 332 g/mol. The quantitative estimate of drug-likeness (QED) is 0.769. The van der Waals surface area contributed by atoms with Crippen molar-refractivity contribution in [3.63, 3.8) is 0 Å². The zero-order valence-electron chi connectivity index (χ0n) is 11.6. The number of rotatable bonds is 5. The van der Waals surface area contributed by atoms with Gasteiger partial charge in [-0.2, -0.15) is 0 Å². The molecule has 116 valence electrons. The van der Waals surface area contributed by atoms with Crippen LogP contribution in [0, 0.1) is 11.8 Å². The molecule has 1 saturated carbocycles. The van der Waals surface area contributed by atoms with E-state index in [1.165, 1.54) is 6.07 Å². The van der Waals surface area contributed by atoms with Crippen molar-refractivity contribution >= 4 is 29.2 Å². The summed E-state index contributed by atoms with van der Waals surface area (Å²) in [6.45, 7) is 1.29. The van der Waals surface area contributed by atoms with E-state index in [1.54, 1.807) is 6.07 Å². The van der Waals surface area contributed by atoms with Crippen LogP contribution in [0.3, 0.4) is 0 Å². The molecule has 0 spiro atoms. The van der Waals surface area contributed by atoms with Gasteiger partial charge in [-0.1, -0.05) is 23.2 Å². The Hall–Kier alpha value is -0.970. The summed E-state index contributed by atoms with van der Waals surface area (Å²) in [5, 5.41) is 22.9. The molecule has 2 rings (SSSR count). The van der Waals surface area contributed by atoms with Crippen LogP contribution < -0.4 is 5.32 Å². The van der Waals surface area contributed by atoms with Crippen molar-refractivity contribution in [3.8, 4) is 5.75 Å². The van der Waals surface area contributed by atoms with Gasteiger partial charge in [-0.15, -0.1) is 0 Å². The van der Waals surface area contributed by atoms with Gasteiger partial charge in [0.1, 0.15) is 5.75 Å². The van der Waals surface area contributed by atoms with E-state index in [0.717, 1.165) is 32.2 Å². The van der Waals surface area contributed by atoms with E-state index in [2.05, 4.69) is 5.32 Å². The Morgan fingerprint density at radius 2 is 1.90 bits per heavy atom. The molecule has 6 heteroatoms. The van der Waals surface area contributed by atoms with Gasteiger partial charge in [-0.25, -0.2) is 0 Å².